The van der Waals surface area contributed by atoms with Gasteiger partial charge in [-0.1, -0.05) is 48.5 Å². The number of H-pyrrole nitrogens is 2. The van der Waals surface area contributed by atoms with Crippen molar-refractivity contribution in [2.24, 2.45) is 0 Å². The van der Waals surface area contributed by atoms with Gasteiger partial charge in [0.05, 0.1) is 11.1 Å². The maximum absolute atomic E-state index is 13.6. The van der Waals surface area contributed by atoms with Gasteiger partial charge in [-0.2, -0.15) is 13.2 Å². The second-order valence-corrected chi connectivity index (χ2v) is 6.74. The number of anilines is 1. The summed E-state index contributed by atoms with van der Waals surface area (Å²) < 4.78 is 40.9. The third-order valence-electron chi connectivity index (χ3n) is 4.57. The second kappa shape index (κ2) is 6.79. The molecular weight excluding hydrogens is 387 g/mol. The standard InChI is InChI=1S/C20H14F3N3OS/c21-20(22,23)14-9-5-4-8-12(14)13-10-15(11-6-2-1-3-7-11)24-17-16(13)18(27)26-19(28)25-17/h1-10,13H,(H3,24,25,26,27,28). The first kappa shape index (κ1) is 18.2. The van der Waals surface area contributed by atoms with Gasteiger partial charge in [0.2, 0.25) is 0 Å². The van der Waals surface area contributed by atoms with E-state index in [1.165, 1.54) is 18.2 Å². The predicted octanol–water partition coefficient (Wildman–Crippen LogP) is 5.05. The lowest BCUT2D eigenvalue weighted by molar-refractivity contribution is -0.138. The topological polar surface area (TPSA) is 60.7 Å². The summed E-state index contributed by atoms with van der Waals surface area (Å²) in [4.78, 5) is 17.9. The van der Waals surface area contributed by atoms with E-state index >= 15 is 0 Å². The van der Waals surface area contributed by atoms with Crippen LogP contribution in [0.1, 0.15) is 28.2 Å². The molecule has 0 spiro atoms. The van der Waals surface area contributed by atoms with E-state index in [4.69, 9.17) is 12.2 Å². The van der Waals surface area contributed by atoms with E-state index in [9.17, 15) is 18.0 Å². The number of nitrogens with one attached hydrogen (secondary N) is 3. The van der Waals surface area contributed by atoms with E-state index in [-0.39, 0.29) is 21.7 Å². The number of aromatic nitrogens is 2. The van der Waals surface area contributed by atoms with Crippen molar-refractivity contribution in [3.63, 3.8) is 0 Å². The fraction of sp³-hybridized carbons (Fsp3) is 0.100. The SMILES string of the molecule is O=c1[nH]c(=S)[nH]c2c1C(c1ccccc1C(F)(F)F)C=C(c1ccccc1)N2. The number of benzene rings is 2. The number of hydrogen-bond donors (Lipinski definition) is 3. The van der Waals surface area contributed by atoms with Crippen molar-refractivity contribution >= 4 is 23.7 Å². The fourth-order valence-corrected chi connectivity index (χ4v) is 3.57. The summed E-state index contributed by atoms with van der Waals surface area (Å²) in [6, 6.07) is 14.4. The zero-order valence-corrected chi connectivity index (χ0v) is 15.1. The Morgan fingerprint density at radius 1 is 0.929 bits per heavy atom. The molecule has 3 aromatic rings. The van der Waals surface area contributed by atoms with Gasteiger partial charge >= 0.3 is 6.18 Å². The number of rotatable bonds is 2. The normalized spacial score (nSPS) is 16.1. The van der Waals surface area contributed by atoms with Gasteiger partial charge in [-0.05, 0) is 35.5 Å². The molecule has 8 heteroatoms. The average molecular weight is 401 g/mol. The van der Waals surface area contributed by atoms with E-state index in [0.29, 0.717) is 5.70 Å². The summed E-state index contributed by atoms with van der Waals surface area (Å²) in [6.45, 7) is 0. The highest BCUT2D eigenvalue weighted by atomic mass is 32.1. The number of hydrogen-bond acceptors (Lipinski definition) is 3. The Bertz CT molecular complexity index is 1180. The number of halogens is 3. The molecule has 0 saturated carbocycles. The third kappa shape index (κ3) is 3.27. The maximum Gasteiger partial charge on any atom is 0.416 e. The minimum Gasteiger partial charge on any atom is -0.341 e. The molecule has 0 aliphatic carbocycles. The molecule has 1 aromatic heterocycles. The Morgan fingerprint density at radius 3 is 2.32 bits per heavy atom. The van der Waals surface area contributed by atoms with Crippen LogP contribution in [-0.2, 0) is 6.18 Å². The van der Waals surface area contributed by atoms with Crippen LogP contribution in [0, 0.1) is 4.77 Å². The first-order valence-electron chi connectivity index (χ1n) is 8.41. The van der Waals surface area contributed by atoms with Crippen LogP contribution in [0.5, 0.6) is 0 Å². The Labute approximate surface area is 162 Å². The molecule has 1 aliphatic rings. The van der Waals surface area contributed by atoms with Crippen molar-refractivity contribution in [2.45, 2.75) is 12.1 Å². The van der Waals surface area contributed by atoms with Gasteiger partial charge in [0, 0.05) is 11.6 Å². The molecule has 1 atom stereocenters. The zero-order chi connectivity index (χ0) is 19.9. The van der Waals surface area contributed by atoms with Crippen molar-refractivity contribution in [1.29, 1.82) is 0 Å². The van der Waals surface area contributed by atoms with Crippen molar-refractivity contribution in [3.8, 4) is 0 Å². The predicted molar refractivity (Wildman–Crippen MR) is 104 cm³/mol. The summed E-state index contributed by atoms with van der Waals surface area (Å²) in [5, 5.41) is 3.09. The first-order chi connectivity index (χ1) is 13.3. The molecule has 0 fully saturated rings. The van der Waals surface area contributed by atoms with E-state index < -0.39 is 23.2 Å². The highest BCUT2D eigenvalue weighted by Gasteiger charge is 2.37. The van der Waals surface area contributed by atoms with Crippen LogP contribution in [0.4, 0.5) is 19.0 Å². The van der Waals surface area contributed by atoms with Crippen molar-refractivity contribution in [2.75, 3.05) is 5.32 Å². The van der Waals surface area contributed by atoms with Gasteiger partial charge in [0.15, 0.2) is 4.77 Å². The molecule has 0 amide bonds. The van der Waals surface area contributed by atoms with E-state index in [1.807, 2.05) is 30.3 Å². The minimum atomic E-state index is -4.54. The Hall–Kier alpha value is -3.13. The summed E-state index contributed by atoms with van der Waals surface area (Å²) in [5.74, 6) is -0.614. The van der Waals surface area contributed by atoms with Gasteiger partial charge in [-0.3, -0.25) is 9.78 Å². The monoisotopic (exact) mass is 401 g/mol. The van der Waals surface area contributed by atoms with Crippen LogP contribution in [-0.4, -0.2) is 9.97 Å². The van der Waals surface area contributed by atoms with E-state index in [2.05, 4.69) is 15.3 Å². The van der Waals surface area contributed by atoms with Crippen LogP contribution in [0.2, 0.25) is 0 Å². The first-order valence-corrected chi connectivity index (χ1v) is 8.82. The van der Waals surface area contributed by atoms with Crippen LogP contribution < -0.4 is 10.9 Å². The molecule has 4 rings (SSSR count). The Morgan fingerprint density at radius 2 is 1.61 bits per heavy atom. The van der Waals surface area contributed by atoms with Crippen LogP contribution in [0.15, 0.2) is 65.5 Å². The van der Waals surface area contributed by atoms with E-state index in [0.717, 1.165) is 11.6 Å². The third-order valence-corrected chi connectivity index (χ3v) is 4.77. The maximum atomic E-state index is 13.6. The largest absolute Gasteiger partial charge is 0.416 e. The van der Waals surface area contributed by atoms with Crippen LogP contribution in [0.25, 0.3) is 5.70 Å². The van der Waals surface area contributed by atoms with Gasteiger partial charge in [0.25, 0.3) is 5.56 Å². The zero-order valence-electron chi connectivity index (χ0n) is 14.3. The van der Waals surface area contributed by atoms with Crippen LogP contribution >= 0.6 is 12.2 Å². The van der Waals surface area contributed by atoms with Gasteiger partial charge < -0.3 is 10.3 Å². The molecule has 1 aliphatic heterocycles. The molecule has 0 bridgehead atoms. The molecule has 28 heavy (non-hydrogen) atoms. The molecule has 0 saturated heterocycles. The number of fused-ring (bicyclic) bond motifs is 1. The second-order valence-electron chi connectivity index (χ2n) is 6.33. The lowest BCUT2D eigenvalue weighted by Gasteiger charge is -2.27. The highest BCUT2D eigenvalue weighted by Crippen LogP contribution is 2.41. The number of alkyl halides is 3. The lowest BCUT2D eigenvalue weighted by Crippen LogP contribution is -2.26. The summed E-state index contributed by atoms with van der Waals surface area (Å²) >= 11 is 5.03. The van der Waals surface area contributed by atoms with Gasteiger partial charge in [-0.25, -0.2) is 0 Å². The lowest BCUT2D eigenvalue weighted by atomic mass is 9.85. The van der Waals surface area contributed by atoms with Crippen molar-refractivity contribution in [1.82, 2.24) is 9.97 Å². The molecule has 0 radical (unpaired) electrons. The van der Waals surface area contributed by atoms with Crippen LogP contribution in [0.3, 0.4) is 0 Å². The number of allylic oxidation sites excluding steroid dienone is 1. The highest BCUT2D eigenvalue weighted by molar-refractivity contribution is 7.71. The van der Waals surface area contributed by atoms with Gasteiger partial charge in [-0.15, -0.1) is 0 Å². The summed E-state index contributed by atoms with van der Waals surface area (Å²) in [5.41, 5.74) is 0.218. The van der Waals surface area contributed by atoms with E-state index in [1.54, 1.807) is 6.08 Å². The fourth-order valence-electron chi connectivity index (χ4n) is 3.38. The van der Waals surface area contributed by atoms with Crippen molar-refractivity contribution < 1.29 is 13.2 Å². The molecule has 1 unspecified atom stereocenters. The number of aromatic amines is 2. The molecule has 142 valence electrons. The quantitative estimate of drug-likeness (QED) is 0.527. The summed E-state index contributed by atoms with van der Waals surface area (Å²) in [7, 11) is 0. The Kier molecular flexibility index (Phi) is 4.43. The Balaban J connectivity index is 1.99. The molecule has 3 N–H and O–H groups in total. The minimum absolute atomic E-state index is 0.00204. The molecular formula is C20H14F3N3OS. The smallest absolute Gasteiger partial charge is 0.341 e. The molecule has 4 nitrogen and oxygen atoms in total. The summed E-state index contributed by atoms with van der Waals surface area (Å²) in [6.07, 6.45) is -2.91. The van der Waals surface area contributed by atoms with Crippen molar-refractivity contribution in [3.05, 3.63) is 98.1 Å². The molecule has 2 aromatic carbocycles. The van der Waals surface area contributed by atoms with Gasteiger partial charge in [0.1, 0.15) is 5.82 Å². The molecule has 2 heterocycles. The average Bonchev–Trinajstić information content (AvgIpc) is 2.67.